The van der Waals surface area contributed by atoms with E-state index >= 15 is 0 Å². The van der Waals surface area contributed by atoms with Gasteiger partial charge >= 0.3 is 0 Å². The topological polar surface area (TPSA) is 58.1 Å². The van der Waals surface area contributed by atoms with Gasteiger partial charge in [0, 0.05) is 20.6 Å². The second kappa shape index (κ2) is 7.20. The number of carbonyl (C=O) groups excluding carboxylic acids is 1. The molecule has 1 rings (SSSR count). The molecule has 100 valence electrons. The lowest BCUT2D eigenvalue weighted by Gasteiger charge is -2.12. The minimum absolute atomic E-state index is 0.134. The number of nitrogens with zero attached hydrogens (tertiary/aromatic N) is 3. The summed E-state index contributed by atoms with van der Waals surface area (Å²) in [6, 6.07) is 3.48. The van der Waals surface area contributed by atoms with E-state index in [0.717, 1.165) is 12.3 Å². The predicted octanol–water partition coefficient (Wildman–Crippen LogP) is 1.59. The zero-order valence-corrected chi connectivity index (χ0v) is 12.1. The van der Waals surface area contributed by atoms with Gasteiger partial charge in [0.15, 0.2) is 5.69 Å². The maximum atomic E-state index is 11.6. The van der Waals surface area contributed by atoms with Gasteiger partial charge in [0.25, 0.3) is 5.91 Å². The molecule has 1 amide bonds. The molecule has 0 fully saturated rings. The molecule has 1 heterocycles. The van der Waals surface area contributed by atoms with Crippen LogP contribution in [0.15, 0.2) is 12.1 Å². The van der Waals surface area contributed by atoms with Crippen LogP contribution >= 0.6 is 11.8 Å². The fourth-order valence-corrected chi connectivity index (χ4v) is 2.08. The van der Waals surface area contributed by atoms with Crippen LogP contribution in [0.3, 0.4) is 0 Å². The van der Waals surface area contributed by atoms with Crippen molar-refractivity contribution in [3.05, 3.63) is 17.8 Å². The lowest BCUT2D eigenvalue weighted by Crippen LogP contribution is -2.23. The number of aromatic nitrogens is 2. The summed E-state index contributed by atoms with van der Waals surface area (Å²) in [5.74, 6) is 2.26. The Hall–Kier alpha value is -1.30. The average Bonchev–Trinajstić information content (AvgIpc) is 2.36. The Morgan fingerprint density at radius 2 is 2.17 bits per heavy atom. The molecule has 0 saturated carbocycles. The van der Waals surface area contributed by atoms with Crippen molar-refractivity contribution in [2.75, 3.05) is 38.0 Å². The molecule has 0 saturated heterocycles. The highest BCUT2D eigenvalue weighted by molar-refractivity contribution is 7.98. The Labute approximate surface area is 112 Å². The van der Waals surface area contributed by atoms with Crippen LogP contribution in [0.2, 0.25) is 0 Å². The first-order valence-corrected chi connectivity index (χ1v) is 7.22. The van der Waals surface area contributed by atoms with Crippen LogP contribution in [0.4, 0.5) is 5.82 Å². The number of rotatable bonds is 6. The van der Waals surface area contributed by atoms with Crippen molar-refractivity contribution in [1.29, 1.82) is 0 Å². The van der Waals surface area contributed by atoms with E-state index in [1.54, 1.807) is 26.2 Å². The smallest absolute Gasteiger partial charge is 0.273 e. The van der Waals surface area contributed by atoms with Crippen molar-refractivity contribution < 1.29 is 4.79 Å². The summed E-state index contributed by atoms with van der Waals surface area (Å²) in [6.07, 6.45) is 2.10. The number of anilines is 1. The van der Waals surface area contributed by atoms with Gasteiger partial charge in [0.05, 0.1) is 0 Å². The first kappa shape index (κ1) is 14.8. The normalized spacial score (nSPS) is 12.0. The third-order valence-corrected chi connectivity index (χ3v) is 3.28. The van der Waals surface area contributed by atoms with E-state index in [-0.39, 0.29) is 5.91 Å². The van der Waals surface area contributed by atoms with E-state index in [1.807, 2.05) is 11.8 Å². The highest BCUT2D eigenvalue weighted by Gasteiger charge is 2.10. The fraction of sp³-hybridized carbons (Fsp3) is 0.583. The van der Waals surface area contributed by atoms with Crippen LogP contribution in [0.1, 0.15) is 17.4 Å². The summed E-state index contributed by atoms with van der Waals surface area (Å²) in [4.78, 5) is 13.1. The minimum atomic E-state index is -0.134. The van der Waals surface area contributed by atoms with Crippen LogP contribution in [-0.4, -0.2) is 53.7 Å². The monoisotopic (exact) mass is 268 g/mol. The van der Waals surface area contributed by atoms with Crippen molar-refractivity contribution in [1.82, 2.24) is 15.1 Å². The van der Waals surface area contributed by atoms with Gasteiger partial charge in [-0.15, -0.1) is 10.2 Å². The molecule has 0 aliphatic rings. The Morgan fingerprint density at radius 1 is 1.44 bits per heavy atom. The van der Waals surface area contributed by atoms with E-state index in [2.05, 4.69) is 28.7 Å². The van der Waals surface area contributed by atoms with Gasteiger partial charge < -0.3 is 10.2 Å². The van der Waals surface area contributed by atoms with Crippen LogP contribution < -0.4 is 5.32 Å². The number of hydrogen-bond acceptors (Lipinski definition) is 5. The summed E-state index contributed by atoms with van der Waals surface area (Å²) in [7, 11) is 3.39. The van der Waals surface area contributed by atoms with Crippen molar-refractivity contribution >= 4 is 23.5 Å². The van der Waals surface area contributed by atoms with E-state index in [0.29, 0.717) is 17.4 Å². The van der Waals surface area contributed by atoms with E-state index in [9.17, 15) is 4.79 Å². The lowest BCUT2D eigenvalue weighted by molar-refractivity contribution is 0.0821. The maximum absolute atomic E-state index is 11.6. The van der Waals surface area contributed by atoms with Crippen molar-refractivity contribution in [2.24, 2.45) is 5.92 Å². The Bertz CT molecular complexity index is 380. The number of amides is 1. The zero-order chi connectivity index (χ0) is 13.5. The molecule has 0 spiro atoms. The second-order valence-electron chi connectivity index (χ2n) is 4.44. The van der Waals surface area contributed by atoms with Crippen molar-refractivity contribution in [2.45, 2.75) is 6.92 Å². The predicted molar refractivity (Wildman–Crippen MR) is 76.1 cm³/mol. The standard InChI is InChI=1S/C12H20N4OS/c1-9(8-18-4)7-13-11-6-5-10(14-15-11)12(17)16(2)3/h5-6,9H,7-8H2,1-4H3,(H,13,15). The molecule has 0 aromatic carbocycles. The molecule has 1 N–H and O–H groups in total. The first-order valence-electron chi connectivity index (χ1n) is 5.82. The van der Waals surface area contributed by atoms with Crippen LogP contribution in [0.25, 0.3) is 0 Å². The average molecular weight is 268 g/mol. The summed E-state index contributed by atoms with van der Waals surface area (Å²) in [5.41, 5.74) is 0.364. The third kappa shape index (κ3) is 4.52. The SMILES string of the molecule is CSCC(C)CNc1ccc(C(=O)N(C)C)nn1. The summed E-state index contributed by atoms with van der Waals surface area (Å²) in [5, 5.41) is 11.1. The number of thioether (sulfide) groups is 1. The minimum Gasteiger partial charge on any atom is -0.368 e. The van der Waals surface area contributed by atoms with Crippen molar-refractivity contribution in [3.63, 3.8) is 0 Å². The Kier molecular flexibility index (Phi) is 5.91. The molecule has 1 unspecified atom stereocenters. The summed E-state index contributed by atoms with van der Waals surface area (Å²) >= 11 is 1.83. The van der Waals surface area contributed by atoms with Gasteiger partial charge in [-0.2, -0.15) is 11.8 Å². The second-order valence-corrected chi connectivity index (χ2v) is 5.36. The molecule has 1 aromatic heterocycles. The Morgan fingerprint density at radius 3 is 2.67 bits per heavy atom. The summed E-state index contributed by atoms with van der Waals surface area (Å²) in [6.45, 7) is 3.04. The van der Waals surface area contributed by atoms with E-state index < -0.39 is 0 Å². The number of nitrogens with one attached hydrogen (secondary N) is 1. The molecular weight excluding hydrogens is 248 g/mol. The third-order valence-electron chi connectivity index (χ3n) is 2.37. The molecule has 5 nitrogen and oxygen atoms in total. The molecule has 1 aromatic rings. The highest BCUT2D eigenvalue weighted by Crippen LogP contribution is 2.07. The lowest BCUT2D eigenvalue weighted by atomic mass is 10.2. The molecule has 18 heavy (non-hydrogen) atoms. The zero-order valence-electron chi connectivity index (χ0n) is 11.3. The maximum Gasteiger partial charge on any atom is 0.273 e. The van der Waals surface area contributed by atoms with Gasteiger partial charge in [0.2, 0.25) is 0 Å². The van der Waals surface area contributed by atoms with Crippen molar-refractivity contribution in [3.8, 4) is 0 Å². The van der Waals surface area contributed by atoms with Gasteiger partial charge in [-0.3, -0.25) is 4.79 Å². The highest BCUT2D eigenvalue weighted by atomic mass is 32.2. The van der Waals surface area contributed by atoms with Crippen LogP contribution in [0, 0.1) is 5.92 Å². The number of carbonyl (C=O) groups is 1. The van der Waals surface area contributed by atoms with Gasteiger partial charge in [-0.25, -0.2) is 0 Å². The quantitative estimate of drug-likeness (QED) is 0.849. The molecule has 0 aliphatic carbocycles. The first-order chi connectivity index (χ1) is 8.54. The van der Waals surface area contributed by atoms with Crippen LogP contribution in [-0.2, 0) is 0 Å². The van der Waals surface area contributed by atoms with E-state index in [1.165, 1.54) is 4.90 Å². The molecule has 6 heteroatoms. The van der Waals surface area contributed by atoms with Gasteiger partial charge in [-0.1, -0.05) is 6.92 Å². The largest absolute Gasteiger partial charge is 0.368 e. The molecule has 1 atom stereocenters. The molecule has 0 bridgehead atoms. The molecular formula is C12H20N4OS. The summed E-state index contributed by atoms with van der Waals surface area (Å²) < 4.78 is 0. The van der Waals surface area contributed by atoms with Gasteiger partial charge in [-0.05, 0) is 30.1 Å². The fourth-order valence-electron chi connectivity index (χ4n) is 1.39. The van der Waals surface area contributed by atoms with E-state index in [4.69, 9.17) is 0 Å². The Balaban J connectivity index is 2.53. The molecule has 0 aliphatic heterocycles. The van der Waals surface area contributed by atoms with Gasteiger partial charge in [0.1, 0.15) is 5.82 Å². The molecule has 0 radical (unpaired) electrons. The van der Waals surface area contributed by atoms with Crippen LogP contribution in [0.5, 0.6) is 0 Å². The number of hydrogen-bond donors (Lipinski definition) is 1.